The van der Waals surface area contributed by atoms with Crippen LogP contribution in [0.5, 0.6) is 0 Å². The van der Waals surface area contributed by atoms with Crippen LogP contribution in [0.1, 0.15) is 37.4 Å². The summed E-state index contributed by atoms with van der Waals surface area (Å²) in [5.41, 5.74) is 1.22. The lowest BCUT2D eigenvalue weighted by molar-refractivity contribution is 0.457. The Bertz CT molecular complexity index is 765. The topological polar surface area (TPSA) is 76.9 Å². The number of hydrogen-bond donors (Lipinski definition) is 1. The van der Waals surface area contributed by atoms with Crippen LogP contribution in [0.2, 0.25) is 0 Å². The van der Waals surface area contributed by atoms with E-state index in [-0.39, 0.29) is 4.90 Å². The molecule has 0 bridgehead atoms. The summed E-state index contributed by atoms with van der Waals surface area (Å²) >= 11 is 0. The van der Waals surface area contributed by atoms with Crippen molar-refractivity contribution in [1.29, 1.82) is 0 Å². The Balaban J connectivity index is 1.85. The van der Waals surface area contributed by atoms with Gasteiger partial charge in [0.1, 0.15) is 4.90 Å². The Hall–Kier alpha value is -1.96. The molecular weight excluding hydrogens is 307 g/mol. The first-order valence-electron chi connectivity index (χ1n) is 7.16. The fourth-order valence-electron chi connectivity index (χ4n) is 2.77. The fraction of sp³-hybridized carbons (Fsp3) is 0.429. The highest BCUT2D eigenvalue weighted by Gasteiger charge is 2.22. The number of pyridine rings is 1. The molecule has 1 fully saturated rings. The van der Waals surface area contributed by atoms with E-state index in [1.165, 1.54) is 25.1 Å². The average molecular weight is 324 g/mol. The minimum absolute atomic E-state index is 0.0816. The molecule has 6 nitrogen and oxygen atoms in total. The van der Waals surface area contributed by atoms with Gasteiger partial charge < -0.3 is 0 Å². The highest BCUT2D eigenvalue weighted by Crippen LogP contribution is 2.32. The number of halogens is 1. The van der Waals surface area contributed by atoms with Gasteiger partial charge in [0.15, 0.2) is 0 Å². The maximum Gasteiger partial charge on any atom is 0.263 e. The van der Waals surface area contributed by atoms with E-state index in [1.54, 1.807) is 0 Å². The van der Waals surface area contributed by atoms with Crippen LogP contribution in [0.4, 0.5) is 10.1 Å². The molecule has 1 aliphatic rings. The van der Waals surface area contributed by atoms with Crippen LogP contribution < -0.4 is 4.72 Å². The summed E-state index contributed by atoms with van der Waals surface area (Å²) in [7, 11) is -3.80. The highest BCUT2D eigenvalue weighted by molar-refractivity contribution is 7.92. The molecule has 0 aliphatic heterocycles. The van der Waals surface area contributed by atoms with Gasteiger partial charge in [0.25, 0.3) is 10.0 Å². The van der Waals surface area contributed by atoms with Crippen LogP contribution in [-0.4, -0.2) is 23.2 Å². The van der Waals surface area contributed by atoms with Crippen molar-refractivity contribution in [2.45, 2.75) is 43.5 Å². The Labute approximate surface area is 128 Å². The first kappa shape index (κ1) is 15.0. The molecule has 1 N–H and O–H groups in total. The number of nitrogens with one attached hydrogen (secondary N) is 1. The number of sulfonamides is 1. The summed E-state index contributed by atoms with van der Waals surface area (Å²) in [6, 6.07) is 2.54. The lowest BCUT2D eigenvalue weighted by Gasteiger charge is -2.13. The molecule has 0 spiro atoms. The van der Waals surface area contributed by atoms with E-state index in [9.17, 15) is 12.8 Å². The molecule has 2 aromatic heterocycles. The van der Waals surface area contributed by atoms with Crippen molar-refractivity contribution in [3.63, 3.8) is 0 Å². The van der Waals surface area contributed by atoms with Gasteiger partial charge in [-0.1, -0.05) is 12.8 Å². The number of rotatable bonds is 4. The maximum absolute atomic E-state index is 12.8. The standard InChI is InChI=1S/C14H17FN4O2S/c1-10-13(9-17-19(10)11-4-2-3-5-11)18-22(20,21)12-6-7-14(15)16-8-12/h6-9,11,18H,2-5H2,1H3. The zero-order chi connectivity index (χ0) is 15.7. The molecule has 1 aliphatic carbocycles. The third kappa shape index (κ3) is 2.83. The van der Waals surface area contributed by atoms with Gasteiger partial charge in [0.2, 0.25) is 5.95 Å². The molecule has 8 heteroatoms. The van der Waals surface area contributed by atoms with Gasteiger partial charge in [0, 0.05) is 0 Å². The van der Waals surface area contributed by atoms with Gasteiger partial charge in [-0.15, -0.1) is 0 Å². The molecule has 0 unspecified atom stereocenters. The third-order valence-electron chi connectivity index (χ3n) is 3.97. The van der Waals surface area contributed by atoms with E-state index in [4.69, 9.17) is 0 Å². The van der Waals surface area contributed by atoms with Gasteiger partial charge in [0.05, 0.1) is 29.8 Å². The van der Waals surface area contributed by atoms with Crippen LogP contribution in [0, 0.1) is 12.9 Å². The van der Waals surface area contributed by atoms with E-state index in [1.807, 2.05) is 11.6 Å². The maximum atomic E-state index is 12.8. The van der Waals surface area contributed by atoms with Gasteiger partial charge in [-0.25, -0.2) is 13.4 Å². The Kier molecular flexibility index (Phi) is 3.86. The zero-order valence-corrected chi connectivity index (χ0v) is 13.0. The molecule has 118 valence electrons. The molecule has 2 heterocycles. The normalized spacial score (nSPS) is 16.1. The summed E-state index contributed by atoms with van der Waals surface area (Å²) < 4.78 is 41.7. The molecular formula is C14H17FN4O2S. The Morgan fingerprint density at radius 2 is 2.00 bits per heavy atom. The number of hydrogen-bond acceptors (Lipinski definition) is 4. The highest BCUT2D eigenvalue weighted by atomic mass is 32.2. The predicted octanol–water partition coefficient (Wildman–Crippen LogP) is 2.64. The van der Waals surface area contributed by atoms with E-state index >= 15 is 0 Å². The van der Waals surface area contributed by atoms with Gasteiger partial charge in [-0.2, -0.15) is 9.49 Å². The molecule has 22 heavy (non-hydrogen) atoms. The minimum atomic E-state index is -3.80. The molecule has 3 rings (SSSR count). The monoisotopic (exact) mass is 324 g/mol. The van der Waals surface area contributed by atoms with Crippen LogP contribution in [-0.2, 0) is 10.0 Å². The Morgan fingerprint density at radius 3 is 2.64 bits per heavy atom. The van der Waals surface area contributed by atoms with Crippen molar-refractivity contribution in [2.75, 3.05) is 4.72 Å². The van der Waals surface area contributed by atoms with E-state index in [0.29, 0.717) is 11.7 Å². The number of anilines is 1. The molecule has 0 atom stereocenters. The molecule has 0 saturated heterocycles. The predicted molar refractivity (Wildman–Crippen MR) is 79.5 cm³/mol. The first-order chi connectivity index (χ1) is 10.5. The van der Waals surface area contributed by atoms with Gasteiger partial charge in [-0.05, 0) is 31.9 Å². The Morgan fingerprint density at radius 1 is 1.27 bits per heavy atom. The largest absolute Gasteiger partial charge is 0.276 e. The first-order valence-corrected chi connectivity index (χ1v) is 8.64. The van der Waals surface area contributed by atoms with Crippen LogP contribution >= 0.6 is 0 Å². The third-order valence-corrected chi connectivity index (χ3v) is 5.32. The van der Waals surface area contributed by atoms with Crippen molar-refractivity contribution < 1.29 is 12.8 Å². The number of nitrogens with zero attached hydrogens (tertiary/aromatic N) is 3. The molecule has 2 aromatic rings. The van der Waals surface area contributed by atoms with Crippen LogP contribution in [0.15, 0.2) is 29.4 Å². The van der Waals surface area contributed by atoms with Crippen molar-refractivity contribution >= 4 is 15.7 Å². The van der Waals surface area contributed by atoms with Crippen molar-refractivity contribution in [1.82, 2.24) is 14.8 Å². The summed E-state index contributed by atoms with van der Waals surface area (Å²) in [4.78, 5) is 3.29. The lowest BCUT2D eigenvalue weighted by Crippen LogP contribution is -2.14. The lowest BCUT2D eigenvalue weighted by atomic mass is 10.2. The quantitative estimate of drug-likeness (QED) is 0.877. The summed E-state index contributed by atoms with van der Waals surface area (Å²) in [6.45, 7) is 1.84. The average Bonchev–Trinajstić information content (AvgIpc) is 3.10. The van der Waals surface area contributed by atoms with Gasteiger partial charge in [-0.3, -0.25) is 9.40 Å². The second-order valence-electron chi connectivity index (χ2n) is 5.45. The zero-order valence-electron chi connectivity index (χ0n) is 12.2. The fourth-order valence-corrected chi connectivity index (χ4v) is 3.81. The second-order valence-corrected chi connectivity index (χ2v) is 7.13. The van der Waals surface area contributed by atoms with E-state index < -0.39 is 16.0 Å². The van der Waals surface area contributed by atoms with E-state index in [0.717, 1.165) is 30.8 Å². The summed E-state index contributed by atoms with van der Waals surface area (Å²) in [6.07, 6.45) is 6.99. The number of aromatic nitrogens is 3. The van der Waals surface area contributed by atoms with Crippen molar-refractivity contribution in [3.05, 3.63) is 36.2 Å². The van der Waals surface area contributed by atoms with Crippen LogP contribution in [0.3, 0.4) is 0 Å². The van der Waals surface area contributed by atoms with Crippen molar-refractivity contribution in [2.24, 2.45) is 0 Å². The smallest absolute Gasteiger partial charge is 0.263 e. The van der Waals surface area contributed by atoms with E-state index in [2.05, 4.69) is 14.8 Å². The summed E-state index contributed by atoms with van der Waals surface area (Å²) in [5, 5.41) is 4.30. The molecule has 0 radical (unpaired) electrons. The molecule has 0 aromatic carbocycles. The van der Waals surface area contributed by atoms with Gasteiger partial charge >= 0.3 is 0 Å². The second kappa shape index (κ2) is 5.68. The minimum Gasteiger partial charge on any atom is -0.276 e. The summed E-state index contributed by atoms with van der Waals surface area (Å²) in [5.74, 6) is -0.718. The molecule has 0 amide bonds. The molecule has 1 saturated carbocycles. The SMILES string of the molecule is Cc1c(NS(=O)(=O)c2ccc(F)nc2)cnn1C1CCCC1. The van der Waals surface area contributed by atoms with Crippen LogP contribution in [0.25, 0.3) is 0 Å². The van der Waals surface area contributed by atoms with Crippen molar-refractivity contribution in [3.8, 4) is 0 Å².